The summed E-state index contributed by atoms with van der Waals surface area (Å²) in [5.74, 6) is 0.0878. The van der Waals surface area contributed by atoms with Gasteiger partial charge in [0, 0.05) is 12.2 Å². The van der Waals surface area contributed by atoms with Gasteiger partial charge in [0.25, 0.3) is 0 Å². The van der Waals surface area contributed by atoms with Gasteiger partial charge in [-0.1, -0.05) is 38.5 Å². The van der Waals surface area contributed by atoms with Gasteiger partial charge in [0.05, 0.1) is 0 Å². The van der Waals surface area contributed by atoms with Crippen molar-refractivity contribution in [1.29, 1.82) is 0 Å². The minimum absolute atomic E-state index is 0.0878. The fraction of sp³-hybridized carbons (Fsp3) is 0.562. The number of hydrogen-bond donors (Lipinski definition) is 0. The molecular formula is C16H24O2. The van der Waals surface area contributed by atoms with Crippen LogP contribution in [-0.4, -0.2) is 18.0 Å². The molecule has 0 saturated carbocycles. The molecule has 18 heavy (non-hydrogen) atoms. The molecule has 0 aromatic heterocycles. The molecule has 1 aromatic rings. The maximum absolute atomic E-state index is 12.5. The summed E-state index contributed by atoms with van der Waals surface area (Å²) in [7, 11) is 0. The zero-order chi connectivity index (χ0) is 13.6. The first-order chi connectivity index (χ1) is 8.57. The third-order valence-electron chi connectivity index (χ3n) is 3.35. The molecule has 1 atom stereocenters. The van der Waals surface area contributed by atoms with E-state index < -0.39 is 5.60 Å². The van der Waals surface area contributed by atoms with E-state index in [1.807, 2.05) is 39.0 Å². The van der Waals surface area contributed by atoms with Crippen LogP contribution in [0.1, 0.15) is 56.5 Å². The van der Waals surface area contributed by atoms with Crippen LogP contribution in [0.4, 0.5) is 0 Å². The number of ether oxygens (including phenoxy) is 1. The lowest BCUT2D eigenvalue weighted by molar-refractivity contribution is -0.0116. The van der Waals surface area contributed by atoms with E-state index in [4.69, 9.17) is 4.74 Å². The van der Waals surface area contributed by atoms with Crippen LogP contribution in [0.3, 0.4) is 0 Å². The Morgan fingerprint density at radius 3 is 2.56 bits per heavy atom. The van der Waals surface area contributed by atoms with Gasteiger partial charge < -0.3 is 4.74 Å². The summed E-state index contributed by atoms with van der Waals surface area (Å²) >= 11 is 0. The highest BCUT2D eigenvalue weighted by Gasteiger charge is 2.32. The van der Waals surface area contributed by atoms with Crippen LogP contribution in [0.5, 0.6) is 0 Å². The second-order valence-electron chi connectivity index (χ2n) is 4.80. The van der Waals surface area contributed by atoms with Crippen molar-refractivity contribution in [2.45, 2.75) is 52.6 Å². The quantitative estimate of drug-likeness (QED) is 0.681. The Labute approximate surface area is 110 Å². The molecule has 0 heterocycles. The summed E-state index contributed by atoms with van der Waals surface area (Å²) in [4.78, 5) is 12.5. The normalized spacial score (nSPS) is 14.2. The van der Waals surface area contributed by atoms with E-state index in [2.05, 4.69) is 13.0 Å². The Morgan fingerprint density at radius 1 is 1.28 bits per heavy atom. The number of rotatable bonds is 7. The number of carbonyl (C=O) groups is 1. The summed E-state index contributed by atoms with van der Waals surface area (Å²) in [6.07, 6.45) is 2.80. The second-order valence-corrected chi connectivity index (χ2v) is 4.80. The highest BCUT2D eigenvalue weighted by molar-refractivity contribution is 6.02. The van der Waals surface area contributed by atoms with Gasteiger partial charge in [-0.2, -0.15) is 0 Å². The Bertz CT molecular complexity index is 398. The SMILES string of the molecule is CCCc1cccc(C(=O)C(C)(CC)OCC)c1. The van der Waals surface area contributed by atoms with Crippen LogP contribution in [0.25, 0.3) is 0 Å². The van der Waals surface area contributed by atoms with E-state index in [0.29, 0.717) is 13.0 Å². The molecule has 0 aliphatic carbocycles. The minimum atomic E-state index is -0.695. The summed E-state index contributed by atoms with van der Waals surface area (Å²) in [6, 6.07) is 7.91. The highest BCUT2D eigenvalue weighted by Crippen LogP contribution is 2.22. The fourth-order valence-corrected chi connectivity index (χ4v) is 2.11. The third kappa shape index (κ3) is 3.42. The lowest BCUT2D eigenvalue weighted by Crippen LogP contribution is -2.38. The molecule has 0 radical (unpaired) electrons. The molecule has 0 spiro atoms. The van der Waals surface area contributed by atoms with Crippen molar-refractivity contribution in [2.75, 3.05) is 6.61 Å². The smallest absolute Gasteiger partial charge is 0.194 e. The van der Waals surface area contributed by atoms with Crippen LogP contribution in [0, 0.1) is 0 Å². The number of ketones is 1. The van der Waals surface area contributed by atoms with Gasteiger partial charge in [0.2, 0.25) is 0 Å². The van der Waals surface area contributed by atoms with E-state index in [0.717, 1.165) is 18.4 Å². The van der Waals surface area contributed by atoms with Crippen molar-refractivity contribution in [3.05, 3.63) is 35.4 Å². The predicted octanol–water partition coefficient (Wildman–Crippen LogP) is 4.03. The van der Waals surface area contributed by atoms with E-state index in [-0.39, 0.29) is 5.78 Å². The molecular weight excluding hydrogens is 224 g/mol. The Kier molecular flexibility index (Phi) is 5.54. The van der Waals surface area contributed by atoms with Crippen molar-refractivity contribution in [1.82, 2.24) is 0 Å². The molecule has 1 unspecified atom stereocenters. The molecule has 1 aromatic carbocycles. The zero-order valence-corrected chi connectivity index (χ0v) is 12.0. The lowest BCUT2D eigenvalue weighted by Gasteiger charge is -2.26. The number of Topliss-reactive ketones (excluding diaryl/α,β-unsaturated/α-hetero) is 1. The Hall–Kier alpha value is -1.15. The van der Waals surface area contributed by atoms with Gasteiger partial charge >= 0.3 is 0 Å². The summed E-state index contributed by atoms with van der Waals surface area (Å²) in [5.41, 5.74) is 1.29. The van der Waals surface area contributed by atoms with Crippen LogP contribution < -0.4 is 0 Å². The standard InChI is InChI=1S/C16H24O2/c1-5-9-13-10-8-11-14(12-13)15(17)16(4,6-2)18-7-3/h8,10-12H,5-7,9H2,1-4H3. The van der Waals surface area contributed by atoms with Gasteiger partial charge in [-0.25, -0.2) is 0 Å². The molecule has 0 fully saturated rings. The van der Waals surface area contributed by atoms with Crippen molar-refractivity contribution in [3.63, 3.8) is 0 Å². The van der Waals surface area contributed by atoms with Crippen LogP contribution in [0.15, 0.2) is 24.3 Å². The predicted molar refractivity (Wildman–Crippen MR) is 75.1 cm³/mol. The lowest BCUT2D eigenvalue weighted by atomic mass is 9.91. The molecule has 0 saturated heterocycles. The third-order valence-corrected chi connectivity index (χ3v) is 3.35. The number of benzene rings is 1. The zero-order valence-electron chi connectivity index (χ0n) is 12.0. The maximum atomic E-state index is 12.5. The van der Waals surface area contributed by atoms with Gasteiger partial charge in [0.15, 0.2) is 5.78 Å². The fourth-order valence-electron chi connectivity index (χ4n) is 2.11. The highest BCUT2D eigenvalue weighted by atomic mass is 16.5. The number of hydrogen-bond acceptors (Lipinski definition) is 2. The van der Waals surface area contributed by atoms with E-state index in [1.54, 1.807) is 0 Å². The summed E-state index contributed by atoms with van der Waals surface area (Å²) in [5, 5.41) is 0. The molecule has 1 rings (SSSR count). The molecule has 2 nitrogen and oxygen atoms in total. The molecule has 0 aliphatic rings. The van der Waals surface area contributed by atoms with Gasteiger partial charge in [-0.15, -0.1) is 0 Å². The maximum Gasteiger partial charge on any atom is 0.194 e. The molecule has 0 bridgehead atoms. The summed E-state index contributed by atoms with van der Waals surface area (Å²) < 4.78 is 5.65. The average Bonchev–Trinajstić information content (AvgIpc) is 2.39. The molecule has 2 heteroatoms. The minimum Gasteiger partial charge on any atom is -0.367 e. The largest absolute Gasteiger partial charge is 0.367 e. The van der Waals surface area contributed by atoms with Crippen molar-refractivity contribution in [2.24, 2.45) is 0 Å². The first kappa shape index (κ1) is 14.9. The first-order valence-corrected chi connectivity index (χ1v) is 6.85. The topological polar surface area (TPSA) is 26.3 Å². The van der Waals surface area contributed by atoms with E-state index in [1.165, 1.54) is 5.56 Å². The van der Waals surface area contributed by atoms with Crippen molar-refractivity contribution in [3.8, 4) is 0 Å². The molecule has 0 aliphatic heterocycles. The van der Waals surface area contributed by atoms with Crippen molar-refractivity contribution < 1.29 is 9.53 Å². The Balaban J connectivity index is 2.98. The van der Waals surface area contributed by atoms with Crippen LogP contribution in [-0.2, 0) is 11.2 Å². The molecule has 0 amide bonds. The van der Waals surface area contributed by atoms with Crippen molar-refractivity contribution >= 4 is 5.78 Å². The van der Waals surface area contributed by atoms with Gasteiger partial charge in [0.1, 0.15) is 5.60 Å². The number of carbonyl (C=O) groups excluding carboxylic acids is 1. The van der Waals surface area contributed by atoms with Gasteiger partial charge in [-0.05, 0) is 38.3 Å². The average molecular weight is 248 g/mol. The number of aryl methyl sites for hydroxylation is 1. The molecule has 0 N–H and O–H groups in total. The van der Waals surface area contributed by atoms with E-state index >= 15 is 0 Å². The van der Waals surface area contributed by atoms with E-state index in [9.17, 15) is 4.79 Å². The van der Waals surface area contributed by atoms with Crippen LogP contribution in [0.2, 0.25) is 0 Å². The summed E-state index contributed by atoms with van der Waals surface area (Å²) in [6.45, 7) is 8.50. The monoisotopic (exact) mass is 248 g/mol. The van der Waals surface area contributed by atoms with Gasteiger partial charge in [-0.3, -0.25) is 4.79 Å². The van der Waals surface area contributed by atoms with Crippen LogP contribution >= 0.6 is 0 Å². The second kappa shape index (κ2) is 6.69. The Morgan fingerprint density at radius 2 is 2.00 bits per heavy atom. The first-order valence-electron chi connectivity index (χ1n) is 6.85. The molecule has 100 valence electrons.